The molecule has 1 aromatic carbocycles. The number of aromatic nitrogens is 3. The normalized spacial score (nSPS) is 12.3. The number of fused-ring (bicyclic) bond motifs is 1. The lowest BCUT2D eigenvalue weighted by molar-refractivity contribution is 0.0743. The van der Waals surface area contributed by atoms with Crippen LogP contribution >= 0.6 is 0 Å². The topological polar surface area (TPSA) is 61.9 Å². The SMILES string of the molecule is Cc1ccnc(C[C@@H](C)N(C)C(=O)c2ccc3nc(C)[nH]c3c2)c1. The number of benzene rings is 1. The third-order valence-electron chi connectivity index (χ3n) is 4.31. The number of likely N-dealkylation sites (N-methyl/N-ethyl adjacent to an activating group) is 1. The minimum absolute atomic E-state index is 0.00399. The molecular formula is C19H22N4O. The van der Waals surface area contributed by atoms with E-state index < -0.39 is 0 Å². The van der Waals surface area contributed by atoms with E-state index in [4.69, 9.17) is 0 Å². The Bertz CT molecular complexity index is 884. The van der Waals surface area contributed by atoms with Crippen LogP contribution in [0.1, 0.15) is 34.4 Å². The predicted octanol–water partition coefficient (Wildman–Crippen LogP) is 3.28. The first-order valence-corrected chi connectivity index (χ1v) is 8.09. The van der Waals surface area contributed by atoms with Gasteiger partial charge < -0.3 is 9.88 Å². The van der Waals surface area contributed by atoms with Gasteiger partial charge in [0.05, 0.1) is 11.0 Å². The van der Waals surface area contributed by atoms with E-state index in [1.807, 2.05) is 58.3 Å². The molecule has 24 heavy (non-hydrogen) atoms. The molecule has 0 bridgehead atoms. The summed E-state index contributed by atoms with van der Waals surface area (Å²) in [4.78, 5) is 26.5. The average molecular weight is 322 g/mol. The summed E-state index contributed by atoms with van der Waals surface area (Å²) in [6, 6.07) is 9.68. The Kier molecular flexibility index (Phi) is 4.34. The Labute approximate surface area is 141 Å². The highest BCUT2D eigenvalue weighted by Crippen LogP contribution is 2.16. The molecule has 0 saturated heterocycles. The van der Waals surface area contributed by atoms with Crippen molar-refractivity contribution >= 4 is 16.9 Å². The van der Waals surface area contributed by atoms with Crippen LogP contribution in [0.5, 0.6) is 0 Å². The number of pyridine rings is 1. The Balaban J connectivity index is 1.76. The van der Waals surface area contributed by atoms with E-state index in [-0.39, 0.29) is 11.9 Å². The fourth-order valence-electron chi connectivity index (χ4n) is 2.82. The average Bonchev–Trinajstić information content (AvgIpc) is 2.92. The number of nitrogens with zero attached hydrogens (tertiary/aromatic N) is 3. The second kappa shape index (κ2) is 6.43. The number of nitrogens with one attached hydrogen (secondary N) is 1. The number of amides is 1. The van der Waals surface area contributed by atoms with Crippen molar-refractivity contribution in [3.8, 4) is 0 Å². The fourth-order valence-corrected chi connectivity index (χ4v) is 2.82. The molecule has 0 aliphatic carbocycles. The molecule has 1 N–H and O–H groups in total. The molecular weight excluding hydrogens is 300 g/mol. The Hall–Kier alpha value is -2.69. The molecule has 0 spiro atoms. The van der Waals surface area contributed by atoms with Gasteiger partial charge in [-0.2, -0.15) is 0 Å². The maximum absolute atomic E-state index is 12.8. The smallest absolute Gasteiger partial charge is 0.253 e. The summed E-state index contributed by atoms with van der Waals surface area (Å²) in [5.74, 6) is 0.853. The van der Waals surface area contributed by atoms with Crippen LogP contribution in [-0.2, 0) is 6.42 Å². The zero-order valence-corrected chi connectivity index (χ0v) is 14.5. The number of carbonyl (C=O) groups is 1. The van der Waals surface area contributed by atoms with Crippen molar-refractivity contribution < 1.29 is 4.79 Å². The van der Waals surface area contributed by atoms with Crippen molar-refractivity contribution in [1.29, 1.82) is 0 Å². The first-order chi connectivity index (χ1) is 11.4. The lowest BCUT2D eigenvalue weighted by Gasteiger charge is -2.25. The second-order valence-corrected chi connectivity index (χ2v) is 6.35. The molecule has 2 aromatic heterocycles. The second-order valence-electron chi connectivity index (χ2n) is 6.35. The largest absolute Gasteiger partial charge is 0.342 e. The van der Waals surface area contributed by atoms with Crippen molar-refractivity contribution in [2.75, 3.05) is 7.05 Å². The minimum atomic E-state index is 0.00399. The molecule has 3 aromatic rings. The molecule has 2 heterocycles. The molecule has 124 valence electrons. The third kappa shape index (κ3) is 3.30. The lowest BCUT2D eigenvalue weighted by Crippen LogP contribution is -2.36. The summed E-state index contributed by atoms with van der Waals surface area (Å²) in [6.07, 6.45) is 2.54. The summed E-state index contributed by atoms with van der Waals surface area (Å²) in [5.41, 5.74) is 4.62. The molecule has 0 radical (unpaired) electrons. The fraction of sp³-hybridized carbons (Fsp3) is 0.316. The van der Waals surface area contributed by atoms with Gasteiger partial charge in [-0.15, -0.1) is 0 Å². The Morgan fingerprint density at radius 2 is 2.04 bits per heavy atom. The molecule has 0 saturated carbocycles. The van der Waals surface area contributed by atoms with Crippen molar-refractivity contribution in [2.24, 2.45) is 0 Å². The van der Waals surface area contributed by atoms with Crippen molar-refractivity contribution in [1.82, 2.24) is 19.9 Å². The first-order valence-electron chi connectivity index (χ1n) is 8.09. The summed E-state index contributed by atoms with van der Waals surface area (Å²) < 4.78 is 0. The van der Waals surface area contributed by atoms with Crippen LogP contribution in [0, 0.1) is 13.8 Å². The maximum Gasteiger partial charge on any atom is 0.253 e. The highest BCUT2D eigenvalue weighted by molar-refractivity contribution is 5.97. The number of aryl methyl sites for hydroxylation is 2. The monoisotopic (exact) mass is 322 g/mol. The Morgan fingerprint density at radius 3 is 2.79 bits per heavy atom. The quantitative estimate of drug-likeness (QED) is 0.802. The molecule has 1 atom stereocenters. The molecule has 5 heteroatoms. The highest BCUT2D eigenvalue weighted by atomic mass is 16.2. The van der Waals surface area contributed by atoms with Crippen LogP contribution in [0.25, 0.3) is 11.0 Å². The van der Waals surface area contributed by atoms with Gasteiger partial charge in [-0.05, 0) is 56.7 Å². The van der Waals surface area contributed by atoms with E-state index >= 15 is 0 Å². The van der Waals surface area contributed by atoms with E-state index in [9.17, 15) is 4.79 Å². The van der Waals surface area contributed by atoms with Crippen LogP contribution in [0.15, 0.2) is 36.5 Å². The van der Waals surface area contributed by atoms with Gasteiger partial charge in [-0.1, -0.05) is 0 Å². The summed E-state index contributed by atoms with van der Waals surface area (Å²) in [7, 11) is 1.84. The molecule has 1 amide bonds. The predicted molar refractivity (Wildman–Crippen MR) is 95.1 cm³/mol. The van der Waals surface area contributed by atoms with Crippen molar-refractivity contribution in [2.45, 2.75) is 33.2 Å². The summed E-state index contributed by atoms with van der Waals surface area (Å²) >= 11 is 0. The standard InChI is InChI=1S/C19H22N4O/c1-12-7-8-20-16(9-12)10-13(2)23(4)19(24)15-5-6-17-18(11-15)22-14(3)21-17/h5-9,11,13H,10H2,1-4H3,(H,21,22)/t13-/m1/s1. The number of hydrogen-bond acceptors (Lipinski definition) is 3. The van der Waals surface area contributed by atoms with Gasteiger partial charge in [0.2, 0.25) is 0 Å². The van der Waals surface area contributed by atoms with E-state index in [1.54, 1.807) is 4.90 Å². The number of aromatic amines is 1. The van der Waals surface area contributed by atoms with E-state index in [0.717, 1.165) is 29.0 Å². The van der Waals surface area contributed by atoms with E-state index in [1.165, 1.54) is 5.56 Å². The van der Waals surface area contributed by atoms with Gasteiger partial charge in [0, 0.05) is 37.0 Å². The molecule has 3 rings (SSSR count). The van der Waals surface area contributed by atoms with Gasteiger partial charge >= 0.3 is 0 Å². The summed E-state index contributed by atoms with van der Waals surface area (Å²) in [5, 5.41) is 0. The maximum atomic E-state index is 12.8. The third-order valence-corrected chi connectivity index (χ3v) is 4.31. The number of imidazole rings is 1. The molecule has 0 fully saturated rings. The van der Waals surface area contributed by atoms with Crippen molar-refractivity contribution in [3.05, 3.63) is 59.2 Å². The number of carbonyl (C=O) groups excluding carboxylic acids is 1. The van der Waals surface area contributed by atoms with Crippen molar-refractivity contribution in [3.63, 3.8) is 0 Å². The van der Waals surface area contributed by atoms with Gasteiger partial charge in [-0.3, -0.25) is 9.78 Å². The Morgan fingerprint density at radius 1 is 1.25 bits per heavy atom. The highest BCUT2D eigenvalue weighted by Gasteiger charge is 2.19. The number of hydrogen-bond donors (Lipinski definition) is 1. The van der Waals surface area contributed by atoms with Crippen LogP contribution in [0.2, 0.25) is 0 Å². The van der Waals surface area contributed by atoms with Gasteiger partial charge in [0.15, 0.2) is 0 Å². The summed E-state index contributed by atoms with van der Waals surface area (Å²) in [6.45, 7) is 6.00. The van der Waals surface area contributed by atoms with Crippen LogP contribution in [-0.4, -0.2) is 38.8 Å². The number of H-pyrrole nitrogens is 1. The van der Waals surface area contributed by atoms with Crippen LogP contribution < -0.4 is 0 Å². The van der Waals surface area contributed by atoms with Gasteiger partial charge in [0.1, 0.15) is 5.82 Å². The molecule has 5 nitrogen and oxygen atoms in total. The van der Waals surface area contributed by atoms with Gasteiger partial charge in [0.25, 0.3) is 5.91 Å². The van der Waals surface area contributed by atoms with Crippen LogP contribution in [0.3, 0.4) is 0 Å². The molecule has 0 aliphatic heterocycles. The van der Waals surface area contributed by atoms with Gasteiger partial charge in [-0.25, -0.2) is 4.98 Å². The van der Waals surface area contributed by atoms with E-state index in [0.29, 0.717) is 5.56 Å². The zero-order valence-electron chi connectivity index (χ0n) is 14.5. The number of rotatable bonds is 4. The first kappa shape index (κ1) is 16.2. The lowest BCUT2D eigenvalue weighted by atomic mass is 10.1. The molecule has 0 unspecified atom stereocenters. The van der Waals surface area contributed by atoms with E-state index in [2.05, 4.69) is 21.0 Å². The molecule has 0 aliphatic rings. The van der Waals surface area contributed by atoms with Crippen LogP contribution in [0.4, 0.5) is 0 Å². The zero-order chi connectivity index (χ0) is 17.3. The minimum Gasteiger partial charge on any atom is -0.342 e.